The zero-order valence-corrected chi connectivity index (χ0v) is 21.6. The van der Waals surface area contributed by atoms with E-state index in [9.17, 15) is 19.5 Å². The first-order valence-electron chi connectivity index (χ1n) is 12.1. The highest BCUT2D eigenvalue weighted by atomic mass is 16.6. The highest BCUT2D eigenvalue weighted by Crippen LogP contribution is 2.34. The molecule has 0 saturated heterocycles. The van der Waals surface area contributed by atoms with Gasteiger partial charge in [0.05, 0.1) is 6.61 Å². The molecule has 1 fully saturated rings. The minimum Gasteiger partial charge on any atom is -0.444 e. The molecule has 0 aliphatic heterocycles. The van der Waals surface area contributed by atoms with E-state index in [1.807, 2.05) is 45.0 Å². The summed E-state index contributed by atoms with van der Waals surface area (Å²) in [6.07, 6.45) is 2.51. The van der Waals surface area contributed by atoms with E-state index in [1.54, 1.807) is 25.7 Å². The zero-order chi connectivity index (χ0) is 25.7. The van der Waals surface area contributed by atoms with Gasteiger partial charge >= 0.3 is 6.09 Å². The van der Waals surface area contributed by atoms with Crippen LogP contribution in [0.25, 0.3) is 0 Å². The Kier molecular flexibility index (Phi) is 9.11. The summed E-state index contributed by atoms with van der Waals surface area (Å²) >= 11 is 0. The second-order valence-corrected chi connectivity index (χ2v) is 10.9. The van der Waals surface area contributed by atoms with Gasteiger partial charge in [-0.25, -0.2) is 4.79 Å². The van der Waals surface area contributed by atoms with Gasteiger partial charge < -0.3 is 25.4 Å². The van der Waals surface area contributed by atoms with E-state index in [1.165, 1.54) is 0 Å². The number of hydrogen-bond acceptors (Lipinski definition) is 5. The average molecular weight is 476 g/mol. The number of hydrogen-bond donors (Lipinski definition) is 3. The number of carbonyl (C=O) groups excluding carboxylic acids is 3. The van der Waals surface area contributed by atoms with Crippen molar-refractivity contribution >= 4 is 17.9 Å². The third-order valence-corrected chi connectivity index (χ3v) is 5.62. The predicted molar refractivity (Wildman–Crippen MR) is 131 cm³/mol. The molecule has 0 aromatic heterocycles. The van der Waals surface area contributed by atoms with E-state index < -0.39 is 41.8 Å². The molecule has 0 spiro atoms. The molecule has 2 atom stereocenters. The topological polar surface area (TPSA) is 108 Å². The van der Waals surface area contributed by atoms with Gasteiger partial charge in [0.15, 0.2) is 0 Å². The fourth-order valence-electron chi connectivity index (χ4n) is 3.81. The van der Waals surface area contributed by atoms with Gasteiger partial charge in [-0.15, -0.1) is 0 Å². The van der Waals surface area contributed by atoms with E-state index in [2.05, 4.69) is 17.6 Å². The van der Waals surface area contributed by atoms with E-state index >= 15 is 0 Å². The number of aliphatic hydroxyl groups excluding tert-OH is 1. The summed E-state index contributed by atoms with van der Waals surface area (Å²) in [4.78, 5) is 41.2. The van der Waals surface area contributed by atoms with Crippen molar-refractivity contribution in [2.24, 2.45) is 0 Å². The Hall–Kier alpha value is -2.61. The number of amides is 3. The lowest BCUT2D eigenvalue weighted by Crippen LogP contribution is -2.59. The van der Waals surface area contributed by atoms with Crippen molar-refractivity contribution in [3.05, 3.63) is 35.4 Å². The number of aliphatic hydroxyl groups is 1. The monoisotopic (exact) mass is 475 g/mol. The van der Waals surface area contributed by atoms with Crippen molar-refractivity contribution in [1.29, 1.82) is 0 Å². The van der Waals surface area contributed by atoms with Gasteiger partial charge in [-0.3, -0.25) is 9.59 Å². The number of carbonyl (C=O) groups is 3. The third-order valence-electron chi connectivity index (χ3n) is 5.62. The second-order valence-electron chi connectivity index (χ2n) is 10.9. The Bertz CT molecular complexity index is 851. The molecule has 2 unspecified atom stereocenters. The first kappa shape index (κ1) is 27.6. The van der Waals surface area contributed by atoms with Gasteiger partial charge in [-0.1, -0.05) is 31.2 Å². The van der Waals surface area contributed by atoms with Gasteiger partial charge in [-0.05, 0) is 78.4 Å². The molecule has 3 N–H and O–H groups in total. The molecule has 3 amide bonds. The molecule has 8 heteroatoms. The molecule has 8 nitrogen and oxygen atoms in total. The van der Waals surface area contributed by atoms with E-state index in [4.69, 9.17) is 4.74 Å². The van der Waals surface area contributed by atoms with Crippen molar-refractivity contribution in [2.75, 3.05) is 6.61 Å². The van der Waals surface area contributed by atoms with Crippen LogP contribution in [-0.2, 0) is 20.7 Å². The first-order chi connectivity index (χ1) is 15.8. The predicted octanol–water partition coefficient (Wildman–Crippen LogP) is 3.47. The number of benzene rings is 1. The molecular weight excluding hydrogens is 434 g/mol. The fourth-order valence-corrected chi connectivity index (χ4v) is 3.81. The van der Waals surface area contributed by atoms with Crippen LogP contribution >= 0.6 is 0 Å². The Morgan fingerprint density at radius 1 is 1.09 bits per heavy atom. The van der Waals surface area contributed by atoms with Crippen LogP contribution < -0.4 is 10.6 Å². The summed E-state index contributed by atoms with van der Waals surface area (Å²) < 4.78 is 5.27. The molecule has 190 valence electrons. The zero-order valence-electron chi connectivity index (χ0n) is 21.6. The Morgan fingerprint density at radius 2 is 1.68 bits per heavy atom. The number of aryl methyl sites for hydroxylation is 1. The van der Waals surface area contributed by atoms with E-state index in [-0.39, 0.29) is 11.9 Å². The molecule has 1 saturated carbocycles. The molecule has 1 aromatic rings. The van der Waals surface area contributed by atoms with Gasteiger partial charge in [0.2, 0.25) is 11.8 Å². The van der Waals surface area contributed by atoms with Crippen molar-refractivity contribution in [3.8, 4) is 0 Å². The molecular formula is C26H41N3O5. The molecule has 1 aliphatic carbocycles. The summed E-state index contributed by atoms with van der Waals surface area (Å²) in [6.45, 7) is 12.3. The molecule has 1 aliphatic rings. The number of nitrogens with one attached hydrogen (secondary N) is 2. The number of rotatable bonds is 8. The Balaban J connectivity index is 2.44. The van der Waals surface area contributed by atoms with Gasteiger partial charge in [0.25, 0.3) is 0 Å². The van der Waals surface area contributed by atoms with Crippen molar-refractivity contribution in [1.82, 2.24) is 15.5 Å². The molecule has 0 bridgehead atoms. The van der Waals surface area contributed by atoms with Crippen LogP contribution in [-0.4, -0.2) is 57.7 Å². The first-order valence-corrected chi connectivity index (χ1v) is 12.1. The summed E-state index contributed by atoms with van der Waals surface area (Å²) in [5.41, 5.74) is 0.558. The van der Waals surface area contributed by atoms with E-state index in [0.29, 0.717) is 5.56 Å². The maximum atomic E-state index is 13.7. The molecule has 0 radical (unpaired) electrons. The number of alkyl carbamates (subject to hydrolysis) is 1. The van der Waals surface area contributed by atoms with Crippen LogP contribution in [0, 0.1) is 0 Å². The lowest BCUT2D eigenvalue weighted by atomic mass is 9.87. The van der Waals surface area contributed by atoms with Crippen molar-refractivity contribution in [3.63, 3.8) is 0 Å². The van der Waals surface area contributed by atoms with Crippen LogP contribution in [0.4, 0.5) is 4.79 Å². The van der Waals surface area contributed by atoms with Gasteiger partial charge in [-0.2, -0.15) is 0 Å². The molecule has 2 rings (SSSR count). The maximum absolute atomic E-state index is 13.7. The standard InChI is InChI=1S/C26H41N3O5/c1-8-17-12-14-18(15-13-17)21(22(31)28-25(2,3)4)29(19-10-9-11-19)23(32)20(16-30)27-24(33)34-26(5,6)7/h12-15,19-21,30H,8-11,16H2,1-7H3,(H,27,33)(H,28,31). The average Bonchev–Trinajstić information content (AvgIpc) is 2.67. The smallest absolute Gasteiger partial charge is 0.408 e. The van der Waals surface area contributed by atoms with Crippen molar-refractivity contribution < 1.29 is 24.2 Å². The Morgan fingerprint density at radius 3 is 2.09 bits per heavy atom. The maximum Gasteiger partial charge on any atom is 0.408 e. The van der Waals surface area contributed by atoms with Gasteiger partial charge in [0.1, 0.15) is 17.7 Å². The van der Waals surface area contributed by atoms with Crippen LogP contribution in [0.3, 0.4) is 0 Å². The van der Waals surface area contributed by atoms with E-state index in [0.717, 1.165) is 31.2 Å². The summed E-state index contributed by atoms with van der Waals surface area (Å²) in [7, 11) is 0. The lowest BCUT2D eigenvalue weighted by Gasteiger charge is -2.44. The Labute approximate surface area is 203 Å². The summed E-state index contributed by atoms with van der Waals surface area (Å²) in [5.74, 6) is -0.808. The SMILES string of the molecule is CCc1ccc(C(C(=O)NC(C)(C)C)N(C(=O)C(CO)NC(=O)OC(C)(C)C)C2CCC2)cc1. The minimum absolute atomic E-state index is 0.163. The van der Waals surface area contributed by atoms with Crippen LogP contribution in [0.2, 0.25) is 0 Å². The van der Waals surface area contributed by atoms with Crippen LogP contribution in [0.1, 0.15) is 84.9 Å². The normalized spacial score (nSPS) is 16.1. The largest absolute Gasteiger partial charge is 0.444 e. The minimum atomic E-state index is -1.23. The summed E-state index contributed by atoms with van der Waals surface area (Å²) in [5, 5.41) is 15.5. The molecule has 34 heavy (non-hydrogen) atoms. The van der Waals surface area contributed by atoms with Gasteiger partial charge in [0, 0.05) is 11.6 Å². The second kappa shape index (κ2) is 11.2. The lowest BCUT2D eigenvalue weighted by molar-refractivity contribution is -0.148. The summed E-state index contributed by atoms with van der Waals surface area (Å²) in [6, 6.07) is 5.38. The van der Waals surface area contributed by atoms with Crippen LogP contribution in [0.5, 0.6) is 0 Å². The third kappa shape index (κ3) is 7.72. The highest BCUT2D eigenvalue weighted by Gasteiger charge is 2.42. The molecule has 1 aromatic carbocycles. The van der Waals surface area contributed by atoms with Crippen molar-refractivity contribution in [2.45, 2.75) is 103 Å². The highest BCUT2D eigenvalue weighted by molar-refractivity contribution is 5.92. The quantitative estimate of drug-likeness (QED) is 0.534. The number of ether oxygens (including phenoxy) is 1. The fraction of sp³-hybridized carbons (Fsp3) is 0.654. The molecule has 0 heterocycles. The van der Waals surface area contributed by atoms with Crippen LogP contribution in [0.15, 0.2) is 24.3 Å². The number of nitrogens with zero attached hydrogens (tertiary/aromatic N) is 1.